The largest absolute Gasteiger partial charge is 0.303 e. The molecule has 0 aromatic carbocycles. The second kappa shape index (κ2) is 5.92. The molecule has 0 aliphatic rings. The van der Waals surface area contributed by atoms with Crippen molar-refractivity contribution in [1.82, 2.24) is 4.90 Å². The highest BCUT2D eigenvalue weighted by atomic mass is 16.1. The lowest BCUT2D eigenvalue weighted by atomic mass is 10.1. The SMILES string of the molecule is C=[C]C(C=O)CN(C(C)C)C(C)C. The number of hydrogen-bond donors (Lipinski definition) is 0. The van der Waals surface area contributed by atoms with E-state index in [9.17, 15) is 4.79 Å². The Hall–Kier alpha value is -0.630. The van der Waals surface area contributed by atoms with Gasteiger partial charge in [-0.1, -0.05) is 6.58 Å². The highest BCUT2D eigenvalue weighted by Gasteiger charge is 2.16. The van der Waals surface area contributed by atoms with Crippen molar-refractivity contribution in [3.63, 3.8) is 0 Å². The van der Waals surface area contributed by atoms with E-state index in [1.165, 1.54) is 0 Å². The Morgan fingerprint density at radius 1 is 1.31 bits per heavy atom. The van der Waals surface area contributed by atoms with E-state index < -0.39 is 0 Å². The van der Waals surface area contributed by atoms with E-state index in [4.69, 9.17) is 0 Å². The van der Waals surface area contributed by atoms with Gasteiger partial charge in [0.05, 0.1) is 5.92 Å². The summed E-state index contributed by atoms with van der Waals surface area (Å²) in [6.45, 7) is 12.8. The molecule has 13 heavy (non-hydrogen) atoms. The van der Waals surface area contributed by atoms with Gasteiger partial charge >= 0.3 is 0 Å². The monoisotopic (exact) mass is 182 g/mol. The summed E-state index contributed by atoms with van der Waals surface area (Å²) in [4.78, 5) is 12.8. The molecule has 0 aromatic heterocycles. The van der Waals surface area contributed by atoms with Gasteiger partial charge in [-0.05, 0) is 33.8 Å². The summed E-state index contributed by atoms with van der Waals surface area (Å²) in [6, 6.07) is 0.909. The van der Waals surface area contributed by atoms with Gasteiger partial charge in [-0.3, -0.25) is 4.90 Å². The fourth-order valence-electron chi connectivity index (χ4n) is 1.40. The van der Waals surface area contributed by atoms with Crippen LogP contribution in [0.2, 0.25) is 0 Å². The first-order valence-corrected chi connectivity index (χ1v) is 4.76. The van der Waals surface area contributed by atoms with Crippen LogP contribution in [0.3, 0.4) is 0 Å². The summed E-state index contributed by atoms with van der Waals surface area (Å²) in [6.07, 6.45) is 3.64. The standard InChI is InChI=1S/C11H20NO/c1-6-11(8-13)7-12(9(2)3)10(4)5/h8-11H,1,7H2,2-5H3. The molecule has 0 bridgehead atoms. The molecule has 1 unspecified atom stereocenters. The highest BCUT2D eigenvalue weighted by molar-refractivity contribution is 5.55. The molecule has 0 heterocycles. The normalized spacial score (nSPS) is 13.8. The van der Waals surface area contributed by atoms with Crippen molar-refractivity contribution in [2.24, 2.45) is 5.92 Å². The zero-order chi connectivity index (χ0) is 10.4. The lowest BCUT2D eigenvalue weighted by molar-refractivity contribution is -0.110. The van der Waals surface area contributed by atoms with E-state index in [1.807, 2.05) is 0 Å². The van der Waals surface area contributed by atoms with Gasteiger partial charge in [-0.2, -0.15) is 0 Å². The molecule has 0 amide bonds. The summed E-state index contributed by atoms with van der Waals surface area (Å²) < 4.78 is 0. The van der Waals surface area contributed by atoms with Gasteiger partial charge in [0.1, 0.15) is 6.29 Å². The van der Waals surface area contributed by atoms with Crippen molar-refractivity contribution in [2.75, 3.05) is 6.54 Å². The van der Waals surface area contributed by atoms with Crippen LogP contribution in [0, 0.1) is 12.0 Å². The zero-order valence-corrected chi connectivity index (χ0v) is 9.08. The van der Waals surface area contributed by atoms with Gasteiger partial charge in [0.2, 0.25) is 0 Å². The van der Waals surface area contributed by atoms with Gasteiger partial charge in [0, 0.05) is 18.6 Å². The Kier molecular flexibility index (Phi) is 5.63. The van der Waals surface area contributed by atoms with Crippen molar-refractivity contribution < 1.29 is 4.79 Å². The molecule has 0 aliphatic carbocycles. The van der Waals surface area contributed by atoms with Crippen LogP contribution in [0.4, 0.5) is 0 Å². The average molecular weight is 182 g/mol. The number of aldehydes is 1. The van der Waals surface area contributed by atoms with Crippen LogP contribution in [-0.2, 0) is 4.79 Å². The summed E-state index contributed by atoms with van der Waals surface area (Å²) in [7, 11) is 0. The second-order valence-electron chi connectivity index (χ2n) is 3.83. The molecule has 0 aromatic rings. The van der Waals surface area contributed by atoms with Crippen LogP contribution in [0.25, 0.3) is 0 Å². The number of rotatable bonds is 6. The van der Waals surface area contributed by atoms with Gasteiger partial charge in [0.15, 0.2) is 0 Å². The molecule has 1 atom stereocenters. The first-order chi connectivity index (χ1) is 6.02. The lowest BCUT2D eigenvalue weighted by Gasteiger charge is -2.31. The van der Waals surface area contributed by atoms with E-state index in [2.05, 4.69) is 45.2 Å². The maximum absolute atomic E-state index is 10.6. The van der Waals surface area contributed by atoms with Crippen LogP contribution < -0.4 is 0 Å². The molecular formula is C11H20NO. The minimum absolute atomic E-state index is 0.162. The van der Waals surface area contributed by atoms with Crippen LogP contribution in [0.15, 0.2) is 6.58 Å². The summed E-state index contributed by atoms with van der Waals surface area (Å²) >= 11 is 0. The van der Waals surface area contributed by atoms with Gasteiger partial charge < -0.3 is 4.79 Å². The van der Waals surface area contributed by atoms with Crippen molar-refractivity contribution in [3.05, 3.63) is 12.7 Å². The predicted octanol–water partition coefficient (Wildman–Crippen LogP) is 1.91. The van der Waals surface area contributed by atoms with Gasteiger partial charge in [-0.25, -0.2) is 0 Å². The number of nitrogens with zero attached hydrogens (tertiary/aromatic N) is 1. The van der Waals surface area contributed by atoms with Crippen LogP contribution >= 0.6 is 0 Å². The summed E-state index contributed by atoms with van der Waals surface area (Å²) in [5, 5.41) is 0. The third-order valence-corrected chi connectivity index (χ3v) is 2.16. The number of hydrogen-bond acceptors (Lipinski definition) is 2. The fourth-order valence-corrected chi connectivity index (χ4v) is 1.40. The second-order valence-corrected chi connectivity index (χ2v) is 3.83. The van der Waals surface area contributed by atoms with Crippen molar-refractivity contribution in [2.45, 2.75) is 39.8 Å². The third kappa shape index (κ3) is 4.23. The molecule has 75 valence electrons. The van der Waals surface area contributed by atoms with Crippen LogP contribution in [0.1, 0.15) is 27.7 Å². The van der Waals surface area contributed by atoms with Crippen LogP contribution in [-0.4, -0.2) is 29.8 Å². The molecule has 2 heteroatoms. The van der Waals surface area contributed by atoms with E-state index in [1.54, 1.807) is 0 Å². The minimum Gasteiger partial charge on any atom is -0.303 e. The minimum atomic E-state index is -0.162. The Labute approximate surface area is 81.6 Å². The van der Waals surface area contributed by atoms with E-state index in [0.29, 0.717) is 12.1 Å². The van der Waals surface area contributed by atoms with Gasteiger partial charge in [0.25, 0.3) is 0 Å². The summed E-state index contributed by atoms with van der Waals surface area (Å²) in [5.74, 6) is -0.162. The predicted molar refractivity (Wildman–Crippen MR) is 55.4 cm³/mol. The zero-order valence-electron chi connectivity index (χ0n) is 9.08. The van der Waals surface area contributed by atoms with Crippen molar-refractivity contribution >= 4 is 6.29 Å². The molecule has 0 fully saturated rings. The summed E-state index contributed by atoms with van der Waals surface area (Å²) in [5.41, 5.74) is 0. The number of carbonyl (C=O) groups is 1. The smallest absolute Gasteiger partial charge is 0.128 e. The lowest BCUT2D eigenvalue weighted by Crippen LogP contribution is -2.40. The van der Waals surface area contributed by atoms with E-state index >= 15 is 0 Å². The molecule has 2 nitrogen and oxygen atoms in total. The third-order valence-electron chi connectivity index (χ3n) is 2.16. The molecule has 0 aliphatic heterocycles. The average Bonchev–Trinajstić information content (AvgIpc) is 2.05. The first kappa shape index (κ1) is 12.4. The Morgan fingerprint density at radius 2 is 1.77 bits per heavy atom. The Balaban J connectivity index is 4.23. The van der Waals surface area contributed by atoms with Gasteiger partial charge in [-0.15, -0.1) is 0 Å². The van der Waals surface area contributed by atoms with E-state index in [0.717, 1.165) is 12.8 Å². The molecule has 0 spiro atoms. The Morgan fingerprint density at radius 3 is 2.00 bits per heavy atom. The maximum atomic E-state index is 10.6. The number of carbonyl (C=O) groups excluding carboxylic acids is 1. The Bertz CT molecular complexity index is 147. The molecule has 0 saturated carbocycles. The quantitative estimate of drug-likeness (QED) is 0.585. The molecule has 1 radical (unpaired) electrons. The first-order valence-electron chi connectivity index (χ1n) is 4.76. The maximum Gasteiger partial charge on any atom is 0.128 e. The molecule has 0 N–H and O–H groups in total. The van der Waals surface area contributed by atoms with Crippen LogP contribution in [0.5, 0.6) is 0 Å². The molecule has 0 rings (SSSR count). The fraction of sp³-hybridized carbons (Fsp3) is 0.727. The highest BCUT2D eigenvalue weighted by Crippen LogP contribution is 2.08. The van der Waals surface area contributed by atoms with Crippen molar-refractivity contribution in [3.8, 4) is 0 Å². The molecular weight excluding hydrogens is 162 g/mol. The molecule has 0 saturated heterocycles. The van der Waals surface area contributed by atoms with E-state index in [-0.39, 0.29) is 5.92 Å². The topological polar surface area (TPSA) is 20.3 Å². The van der Waals surface area contributed by atoms with Crippen molar-refractivity contribution in [1.29, 1.82) is 0 Å².